The topological polar surface area (TPSA) is 49.8 Å². The van der Waals surface area contributed by atoms with Gasteiger partial charge in [0, 0.05) is 6.04 Å². The summed E-state index contributed by atoms with van der Waals surface area (Å²) in [5.74, 6) is 0.848. The van der Waals surface area contributed by atoms with E-state index in [-0.39, 0.29) is 18.4 Å². The Hall–Kier alpha value is -1.04. The lowest BCUT2D eigenvalue weighted by atomic mass is 10.0. The molecule has 80 valence electrons. The molecule has 0 heterocycles. The first-order valence-corrected chi connectivity index (χ1v) is 5.05. The minimum absolute atomic E-state index is 0. The Balaban J connectivity index is 0.00000112. The largest absolute Gasteiger partial charge is 0.324 e. The van der Waals surface area contributed by atoms with E-state index < -0.39 is 0 Å². The van der Waals surface area contributed by atoms with Crippen LogP contribution in [-0.2, 0) is 0 Å². The average molecular weight is 223 g/mol. The Morgan fingerprint density at radius 3 is 2.40 bits per heavy atom. The summed E-state index contributed by atoms with van der Waals surface area (Å²) >= 11 is 0. The van der Waals surface area contributed by atoms with Crippen LogP contribution >= 0.6 is 12.4 Å². The fourth-order valence-electron chi connectivity index (χ4n) is 1.65. The molecule has 1 atom stereocenters. The molecular weight excluding hydrogens is 208 g/mol. The van der Waals surface area contributed by atoms with Crippen molar-refractivity contribution in [3.05, 3.63) is 35.4 Å². The van der Waals surface area contributed by atoms with Crippen molar-refractivity contribution in [3.63, 3.8) is 0 Å². The lowest BCUT2D eigenvalue weighted by molar-refractivity contribution is 0.597. The Labute approximate surface area is 96.5 Å². The van der Waals surface area contributed by atoms with Gasteiger partial charge < -0.3 is 5.73 Å². The zero-order valence-corrected chi connectivity index (χ0v) is 9.33. The molecule has 2 N–H and O–H groups in total. The van der Waals surface area contributed by atoms with E-state index in [0.29, 0.717) is 5.56 Å². The Kier molecular flexibility index (Phi) is 4.14. The van der Waals surface area contributed by atoms with E-state index in [1.54, 1.807) is 0 Å². The monoisotopic (exact) mass is 222 g/mol. The highest BCUT2D eigenvalue weighted by atomic mass is 35.5. The van der Waals surface area contributed by atoms with Crippen LogP contribution in [0.4, 0.5) is 0 Å². The maximum atomic E-state index is 8.64. The van der Waals surface area contributed by atoms with Crippen molar-refractivity contribution in [2.24, 2.45) is 11.7 Å². The van der Waals surface area contributed by atoms with Crippen LogP contribution in [0.3, 0.4) is 0 Å². The van der Waals surface area contributed by atoms with Gasteiger partial charge in [0.25, 0.3) is 0 Å². The molecule has 1 aliphatic carbocycles. The standard InChI is InChI=1S/C12H14N2.ClH/c13-8-10-3-5-11(6-4-10)12(14)7-9-1-2-9;/h3-6,9,12H,1-2,7,14H2;1H/t12-;/m1./s1. The van der Waals surface area contributed by atoms with Gasteiger partial charge in [-0.05, 0) is 30.0 Å². The van der Waals surface area contributed by atoms with E-state index in [2.05, 4.69) is 6.07 Å². The summed E-state index contributed by atoms with van der Waals surface area (Å²) in [7, 11) is 0. The van der Waals surface area contributed by atoms with Crippen LogP contribution in [-0.4, -0.2) is 0 Å². The van der Waals surface area contributed by atoms with Crippen LogP contribution in [0.15, 0.2) is 24.3 Å². The molecule has 0 radical (unpaired) electrons. The van der Waals surface area contributed by atoms with Crippen LogP contribution < -0.4 is 5.73 Å². The third kappa shape index (κ3) is 3.23. The molecule has 1 aromatic rings. The Morgan fingerprint density at radius 1 is 1.33 bits per heavy atom. The van der Waals surface area contributed by atoms with E-state index in [0.717, 1.165) is 17.9 Å². The molecule has 0 amide bonds. The molecule has 2 rings (SSSR count). The lowest BCUT2D eigenvalue weighted by Crippen LogP contribution is -2.10. The van der Waals surface area contributed by atoms with Gasteiger partial charge in [0.1, 0.15) is 0 Å². The predicted octanol–water partition coefficient (Wildman–Crippen LogP) is 2.78. The maximum Gasteiger partial charge on any atom is 0.0991 e. The number of halogens is 1. The van der Waals surface area contributed by atoms with E-state index >= 15 is 0 Å². The van der Waals surface area contributed by atoms with Crippen molar-refractivity contribution in [2.75, 3.05) is 0 Å². The van der Waals surface area contributed by atoms with E-state index in [1.165, 1.54) is 12.8 Å². The Morgan fingerprint density at radius 2 is 1.93 bits per heavy atom. The van der Waals surface area contributed by atoms with Crippen molar-refractivity contribution in [1.29, 1.82) is 5.26 Å². The molecule has 1 saturated carbocycles. The number of nitriles is 1. The fraction of sp³-hybridized carbons (Fsp3) is 0.417. The van der Waals surface area contributed by atoms with E-state index in [4.69, 9.17) is 11.0 Å². The van der Waals surface area contributed by atoms with Crippen LogP contribution in [0.2, 0.25) is 0 Å². The summed E-state index contributed by atoms with van der Waals surface area (Å²) in [4.78, 5) is 0. The quantitative estimate of drug-likeness (QED) is 0.855. The van der Waals surface area contributed by atoms with Crippen LogP contribution in [0.5, 0.6) is 0 Å². The summed E-state index contributed by atoms with van der Waals surface area (Å²) in [6.45, 7) is 0. The number of nitrogens with zero attached hydrogens (tertiary/aromatic N) is 1. The van der Waals surface area contributed by atoms with Crippen LogP contribution in [0, 0.1) is 17.2 Å². The summed E-state index contributed by atoms with van der Waals surface area (Å²) < 4.78 is 0. The first-order chi connectivity index (χ1) is 6.79. The second-order valence-electron chi connectivity index (χ2n) is 4.02. The maximum absolute atomic E-state index is 8.64. The van der Waals surface area contributed by atoms with Crippen molar-refractivity contribution >= 4 is 12.4 Å². The second kappa shape index (κ2) is 5.16. The number of hydrogen-bond donors (Lipinski definition) is 1. The average Bonchev–Trinajstić information content (AvgIpc) is 3.02. The molecule has 0 saturated heterocycles. The molecule has 0 spiro atoms. The van der Waals surface area contributed by atoms with Crippen LogP contribution in [0.25, 0.3) is 0 Å². The summed E-state index contributed by atoms with van der Waals surface area (Å²) in [6, 6.07) is 9.85. The molecular formula is C12H15ClN2. The third-order valence-corrected chi connectivity index (χ3v) is 2.75. The van der Waals surface area contributed by atoms with Crippen LogP contribution in [0.1, 0.15) is 36.4 Å². The zero-order valence-electron chi connectivity index (χ0n) is 8.52. The number of rotatable bonds is 3. The SMILES string of the molecule is Cl.N#Cc1ccc([C@H](N)CC2CC2)cc1. The van der Waals surface area contributed by atoms with Gasteiger partial charge in [-0.15, -0.1) is 12.4 Å². The van der Waals surface area contributed by atoms with Crippen molar-refractivity contribution in [2.45, 2.75) is 25.3 Å². The zero-order chi connectivity index (χ0) is 9.97. The van der Waals surface area contributed by atoms with Gasteiger partial charge in [-0.25, -0.2) is 0 Å². The number of nitrogens with two attached hydrogens (primary N) is 1. The molecule has 1 aliphatic rings. The minimum Gasteiger partial charge on any atom is -0.324 e. The first kappa shape index (κ1) is 12.0. The highest BCUT2D eigenvalue weighted by molar-refractivity contribution is 5.85. The van der Waals surface area contributed by atoms with Gasteiger partial charge in [0.05, 0.1) is 11.6 Å². The molecule has 0 aliphatic heterocycles. The smallest absolute Gasteiger partial charge is 0.0991 e. The van der Waals surface area contributed by atoms with Gasteiger partial charge in [0.2, 0.25) is 0 Å². The molecule has 15 heavy (non-hydrogen) atoms. The molecule has 1 aromatic carbocycles. The highest BCUT2D eigenvalue weighted by Crippen LogP contribution is 2.36. The second-order valence-corrected chi connectivity index (χ2v) is 4.02. The fourth-order valence-corrected chi connectivity index (χ4v) is 1.65. The normalized spacial score (nSPS) is 16.3. The van der Waals surface area contributed by atoms with Gasteiger partial charge in [-0.1, -0.05) is 25.0 Å². The Bertz CT molecular complexity index is 349. The first-order valence-electron chi connectivity index (χ1n) is 5.05. The highest BCUT2D eigenvalue weighted by Gasteiger charge is 2.24. The summed E-state index contributed by atoms with van der Waals surface area (Å²) in [5.41, 5.74) is 7.89. The number of hydrogen-bond acceptors (Lipinski definition) is 2. The van der Waals surface area contributed by atoms with Gasteiger partial charge in [0.15, 0.2) is 0 Å². The number of benzene rings is 1. The molecule has 0 unspecified atom stereocenters. The van der Waals surface area contributed by atoms with E-state index in [9.17, 15) is 0 Å². The minimum atomic E-state index is 0. The summed E-state index contributed by atoms with van der Waals surface area (Å²) in [5, 5.41) is 8.64. The van der Waals surface area contributed by atoms with Crippen molar-refractivity contribution in [3.8, 4) is 6.07 Å². The molecule has 1 fully saturated rings. The lowest BCUT2D eigenvalue weighted by Gasteiger charge is -2.10. The molecule has 3 heteroatoms. The van der Waals surface area contributed by atoms with Gasteiger partial charge in [-0.3, -0.25) is 0 Å². The summed E-state index contributed by atoms with van der Waals surface area (Å²) in [6.07, 6.45) is 3.76. The predicted molar refractivity (Wildman–Crippen MR) is 62.7 cm³/mol. The molecule has 0 bridgehead atoms. The van der Waals surface area contributed by atoms with Crippen molar-refractivity contribution in [1.82, 2.24) is 0 Å². The molecule has 2 nitrogen and oxygen atoms in total. The van der Waals surface area contributed by atoms with Crippen molar-refractivity contribution < 1.29 is 0 Å². The molecule has 0 aromatic heterocycles. The van der Waals surface area contributed by atoms with E-state index in [1.807, 2.05) is 24.3 Å². The third-order valence-electron chi connectivity index (χ3n) is 2.75. The van der Waals surface area contributed by atoms with Gasteiger partial charge >= 0.3 is 0 Å². The van der Waals surface area contributed by atoms with Gasteiger partial charge in [-0.2, -0.15) is 5.26 Å².